The van der Waals surface area contributed by atoms with Gasteiger partial charge in [0.15, 0.2) is 29.0 Å². The summed E-state index contributed by atoms with van der Waals surface area (Å²) in [5, 5.41) is 10.3. The van der Waals surface area contributed by atoms with Gasteiger partial charge in [-0.15, -0.1) is 0 Å². The van der Waals surface area contributed by atoms with E-state index >= 15 is 8.78 Å². The lowest BCUT2D eigenvalue weighted by molar-refractivity contribution is -0.119. The molecule has 37 heavy (non-hydrogen) atoms. The Balaban J connectivity index is 1.58. The van der Waals surface area contributed by atoms with Gasteiger partial charge < -0.3 is 25.0 Å². The second-order valence-corrected chi connectivity index (χ2v) is 9.44. The number of benzene rings is 1. The third kappa shape index (κ3) is 4.63. The van der Waals surface area contributed by atoms with E-state index in [1.54, 1.807) is 17.1 Å². The Morgan fingerprint density at radius 2 is 1.92 bits per heavy atom. The summed E-state index contributed by atoms with van der Waals surface area (Å²) in [5.41, 5.74) is 1.84. The van der Waals surface area contributed by atoms with Crippen molar-refractivity contribution in [1.82, 2.24) is 25.1 Å². The lowest BCUT2D eigenvalue weighted by atomic mass is 9.94. The Hall–Kier alpha value is -3.96. The van der Waals surface area contributed by atoms with E-state index in [9.17, 15) is 4.79 Å². The van der Waals surface area contributed by atoms with Crippen LogP contribution in [0.4, 0.5) is 20.3 Å². The number of aryl methyl sites for hydroxylation is 1. The third-order valence-electron chi connectivity index (χ3n) is 6.86. The second-order valence-electron chi connectivity index (χ2n) is 9.44. The van der Waals surface area contributed by atoms with Crippen LogP contribution in [-0.4, -0.2) is 58.6 Å². The van der Waals surface area contributed by atoms with Crippen LogP contribution in [-0.2, 0) is 18.3 Å². The van der Waals surface area contributed by atoms with Crippen LogP contribution < -0.4 is 25.0 Å². The Labute approximate surface area is 213 Å². The Kier molecular flexibility index (Phi) is 6.57. The highest BCUT2D eigenvalue weighted by atomic mass is 19.1. The van der Waals surface area contributed by atoms with E-state index in [2.05, 4.69) is 20.7 Å². The molecule has 2 N–H and O–H groups in total. The molecule has 0 aliphatic carbocycles. The van der Waals surface area contributed by atoms with Crippen LogP contribution in [0.15, 0.2) is 24.7 Å². The van der Waals surface area contributed by atoms with Crippen LogP contribution in [0.25, 0.3) is 11.3 Å². The maximum atomic E-state index is 15.3. The average Bonchev–Trinajstić information content (AvgIpc) is 3.50. The summed E-state index contributed by atoms with van der Waals surface area (Å²) in [6.45, 7) is 2.36. The number of halogens is 2. The number of aromatic nitrogens is 4. The standard InChI is InChI=1S/C25H29F2N7O3/c1-13-7-16-25(31-17(10-28-16)14-9-29-33(2)11-14)34(12-15-5-6-20(35)30-15)24(13)32-23-21(26)18(36-3)8-19(37-4)22(23)27/h8-11,13,15,24,32H,5-7,12H2,1-4H3,(H,30,35). The minimum atomic E-state index is -0.858. The number of nitrogens with zero attached hydrogens (tertiary/aromatic N) is 5. The van der Waals surface area contributed by atoms with Crippen LogP contribution in [0.1, 0.15) is 25.5 Å². The van der Waals surface area contributed by atoms with E-state index in [4.69, 9.17) is 14.5 Å². The predicted molar refractivity (Wildman–Crippen MR) is 132 cm³/mol. The number of amides is 1. The van der Waals surface area contributed by atoms with Crippen molar-refractivity contribution >= 4 is 17.4 Å². The van der Waals surface area contributed by atoms with Gasteiger partial charge in [-0.2, -0.15) is 5.10 Å². The molecule has 2 aromatic heterocycles. The molecule has 0 bridgehead atoms. The van der Waals surface area contributed by atoms with Crippen molar-refractivity contribution in [3.63, 3.8) is 0 Å². The van der Waals surface area contributed by atoms with Gasteiger partial charge in [0, 0.05) is 49.8 Å². The van der Waals surface area contributed by atoms with Gasteiger partial charge in [0.1, 0.15) is 11.9 Å². The first-order valence-electron chi connectivity index (χ1n) is 12.1. The van der Waals surface area contributed by atoms with Crippen molar-refractivity contribution in [3.8, 4) is 22.8 Å². The quantitative estimate of drug-likeness (QED) is 0.497. The largest absolute Gasteiger partial charge is 0.493 e. The highest BCUT2D eigenvalue weighted by Crippen LogP contribution is 2.39. The highest BCUT2D eigenvalue weighted by molar-refractivity contribution is 5.78. The lowest BCUT2D eigenvalue weighted by Gasteiger charge is -2.43. The first-order valence-corrected chi connectivity index (χ1v) is 12.1. The van der Waals surface area contributed by atoms with Crippen LogP contribution in [0.2, 0.25) is 0 Å². The zero-order chi connectivity index (χ0) is 26.3. The first kappa shape index (κ1) is 24.7. The average molecular weight is 514 g/mol. The van der Waals surface area contributed by atoms with Crippen molar-refractivity contribution in [2.24, 2.45) is 13.0 Å². The molecule has 0 spiro atoms. The lowest BCUT2D eigenvalue weighted by Crippen LogP contribution is -2.54. The van der Waals surface area contributed by atoms with Gasteiger partial charge in [0.25, 0.3) is 0 Å². The summed E-state index contributed by atoms with van der Waals surface area (Å²) in [5.74, 6) is -1.54. The van der Waals surface area contributed by atoms with Gasteiger partial charge in [0.2, 0.25) is 5.91 Å². The van der Waals surface area contributed by atoms with Crippen LogP contribution >= 0.6 is 0 Å². The van der Waals surface area contributed by atoms with Crippen LogP contribution in [0, 0.1) is 17.6 Å². The first-order chi connectivity index (χ1) is 17.8. The smallest absolute Gasteiger partial charge is 0.220 e. The molecular formula is C25H29F2N7O3. The summed E-state index contributed by atoms with van der Waals surface area (Å²) in [6.07, 6.45) is 6.29. The number of hydrogen-bond donors (Lipinski definition) is 2. The van der Waals surface area contributed by atoms with Gasteiger partial charge in [-0.25, -0.2) is 13.8 Å². The van der Waals surface area contributed by atoms with Gasteiger partial charge in [0.05, 0.1) is 38.0 Å². The number of fused-ring (bicyclic) bond motifs is 1. The molecule has 12 heteroatoms. The van der Waals surface area contributed by atoms with Crippen LogP contribution in [0.5, 0.6) is 11.5 Å². The second kappa shape index (κ2) is 9.83. The Morgan fingerprint density at radius 3 is 2.51 bits per heavy atom. The molecule has 3 aromatic rings. The van der Waals surface area contributed by atoms with Gasteiger partial charge in [-0.05, 0) is 12.8 Å². The third-order valence-corrected chi connectivity index (χ3v) is 6.86. The number of ether oxygens (including phenoxy) is 2. The number of carbonyl (C=O) groups is 1. The van der Waals surface area contributed by atoms with Gasteiger partial charge in [-0.3, -0.25) is 14.5 Å². The number of hydrogen-bond acceptors (Lipinski definition) is 8. The maximum absolute atomic E-state index is 15.3. The zero-order valence-corrected chi connectivity index (χ0v) is 21.1. The molecule has 2 aliphatic rings. The van der Waals surface area contributed by atoms with E-state index in [0.29, 0.717) is 37.3 Å². The molecule has 1 fully saturated rings. The van der Waals surface area contributed by atoms with E-state index in [1.807, 2.05) is 25.1 Å². The molecular weight excluding hydrogens is 484 g/mol. The minimum Gasteiger partial charge on any atom is -0.493 e. The molecule has 2 aliphatic heterocycles. The molecule has 5 rings (SSSR count). The fourth-order valence-electron chi connectivity index (χ4n) is 4.96. The van der Waals surface area contributed by atoms with Gasteiger partial charge >= 0.3 is 0 Å². The Morgan fingerprint density at radius 1 is 1.19 bits per heavy atom. The van der Waals surface area contributed by atoms with E-state index in [1.165, 1.54) is 20.3 Å². The molecule has 0 radical (unpaired) electrons. The molecule has 3 atom stereocenters. The van der Waals surface area contributed by atoms with Crippen molar-refractivity contribution in [1.29, 1.82) is 0 Å². The van der Waals surface area contributed by atoms with Crippen molar-refractivity contribution < 1.29 is 23.0 Å². The van der Waals surface area contributed by atoms with E-state index < -0.39 is 17.8 Å². The molecule has 1 aromatic carbocycles. The number of methoxy groups -OCH3 is 2. The summed E-state index contributed by atoms with van der Waals surface area (Å²) in [6, 6.07) is 1.03. The molecule has 0 saturated carbocycles. The summed E-state index contributed by atoms with van der Waals surface area (Å²) in [7, 11) is 4.44. The van der Waals surface area contributed by atoms with Crippen LogP contribution in [0.3, 0.4) is 0 Å². The van der Waals surface area contributed by atoms with Crippen molar-refractivity contribution in [3.05, 3.63) is 42.0 Å². The number of nitrogens with one attached hydrogen (secondary N) is 2. The van der Waals surface area contributed by atoms with Crippen molar-refractivity contribution in [2.45, 2.75) is 38.4 Å². The fraction of sp³-hybridized carbons (Fsp3) is 0.440. The summed E-state index contributed by atoms with van der Waals surface area (Å²) < 4.78 is 42.5. The highest BCUT2D eigenvalue weighted by Gasteiger charge is 2.38. The topological polar surface area (TPSA) is 106 Å². The summed E-state index contributed by atoms with van der Waals surface area (Å²) >= 11 is 0. The number of rotatable bonds is 7. The molecule has 1 saturated heterocycles. The van der Waals surface area contributed by atoms with Gasteiger partial charge in [-0.1, -0.05) is 6.92 Å². The minimum absolute atomic E-state index is 0.0235. The van der Waals surface area contributed by atoms with E-state index in [0.717, 1.165) is 11.3 Å². The maximum Gasteiger partial charge on any atom is 0.220 e. The molecule has 3 unspecified atom stereocenters. The van der Waals surface area contributed by atoms with Crippen molar-refractivity contribution in [2.75, 3.05) is 31.0 Å². The number of anilines is 2. The monoisotopic (exact) mass is 513 g/mol. The molecule has 196 valence electrons. The predicted octanol–water partition coefficient (Wildman–Crippen LogP) is 2.89. The Bertz CT molecular complexity index is 1300. The SMILES string of the molecule is COc1cc(OC)c(F)c(NC2C(C)Cc3ncc(-c4cnn(C)c4)nc3N2CC2CCC(=O)N2)c1F. The molecule has 10 nitrogen and oxygen atoms in total. The number of carbonyl (C=O) groups excluding carboxylic acids is 1. The molecule has 4 heterocycles. The van der Waals surface area contributed by atoms with E-state index in [-0.39, 0.29) is 35.1 Å². The summed E-state index contributed by atoms with van der Waals surface area (Å²) in [4.78, 5) is 23.5. The fourth-order valence-corrected chi connectivity index (χ4v) is 4.96. The molecule has 1 amide bonds. The zero-order valence-electron chi connectivity index (χ0n) is 21.1. The normalized spacial score (nSPS) is 21.0.